The van der Waals surface area contributed by atoms with Gasteiger partial charge in [0.15, 0.2) is 5.11 Å². The van der Waals surface area contributed by atoms with Crippen molar-refractivity contribution >= 4 is 44.4 Å². The van der Waals surface area contributed by atoms with Crippen LogP contribution in [0.15, 0.2) is 83.8 Å². The predicted molar refractivity (Wildman–Crippen MR) is 121 cm³/mol. The summed E-state index contributed by atoms with van der Waals surface area (Å²) in [5, 5.41) is 6.41. The number of nitrogens with zero attached hydrogens (tertiary/aromatic N) is 1. The van der Waals surface area contributed by atoms with E-state index < -0.39 is 10.0 Å². The third-order valence-electron chi connectivity index (χ3n) is 4.20. The predicted octanol–water partition coefficient (Wildman–Crippen LogP) is 4.33. The summed E-state index contributed by atoms with van der Waals surface area (Å²) < 4.78 is 32.4. The maximum atomic E-state index is 13.0. The third-order valence-corrected chi connectivity index (χ3v) is 6.18. The van der Waals surface area contributed by atoms with Gasteiger partial charge >= 0.3 is 0 Å². The first-order chi connectivity index (χ1) is 13.9. The third kappa shape index (κ3) is 5.04. The highest BCUT2D eigenvalue weighted by molar-refractivity contribution is 7.92. The van der Waals surface area contributed by atoms with E-state index in [1.54, 1.807) is 55.6 Å². The van der Waals surface area contributed by atoms with Crippen LogP contribution in [-0.2, 0) is 10.0 Å². The van der Waals surface area contributed by atoms with Crippen LogP contribution in [0.1, 0.15) is 0 Å². The van der Waals surface area contributed by atoms with E-state index in [0.29, 0.717) is 22.2 Å². The second kappa shape index (κ2) is 8.93. The van der Waals surface area contributed by atoms with Crippen molar-refractivity contribution in [2.24, 2.45) is 0 Å². The van der Waals surface area contributed by atoms with Crippen molar-refractivity contribution in [3.63, 3.8) is 0 Å². The standard InChI is InChI=1S/C21H21N3O3S2/c1-24(18-10-4-3-5-11-18)29(25,26)20-13-7-9-17(15-20)23-21(28)22-16-8-6-12-19(14-16)27-2/h3-15H,1-2H3,(H2,22,23,28). The lowest BCUT2D eigenvalue weighted by atomic mass is 10.3. The zero-order valence-electron chi connectivity index (χ0n) is 16.0. The van der Waals surface area contributed by atoms with Gasteiger partial charge in [0.25, 0.3) is 10.0 Å². The van der Waals surface area contributed by atoms with Crippen LogP contribution in [0, 0.1) is 0 Å². The summed E-state index contributed by atoms with van der Waals surface area (Å²) in [5.74, 6) is 0.704. The number of nitrogens with one attached hydrogen (secondary N) is 2. The van der Waals surface area contributed by atoms with Crippen molar-refractivity contribution in [3.05, 3.63) is 78.9 Å². The first kappa shape index (κ1) is 20.6. The van der Waals surface area contributed by atoms with E-state index in [4.69, 9.17) is 17.0 Å². The van der Waals surface area contributed by atoms with Gasteiger partial charge in [-0.05, 0) is 54.7 Å². The van der Waals surface area contributed by atoms with Gasteiger partial charge in [-0.25, -0.2) is 8.42 Å². The number of para-hydroxylation sites is 1. The zero-order chi connectivity index (χ0) is 20.9. The van der Waals surface area contributed by atoms with E-state index in [1.165, 1.54) is 11.4 Å². The number of benzene rings is 3. The highest BCUT2D eigenvalue weighted by atomic mass is 32.2. The summed E-state index contributed by atoms with van der Waals surface area (Å²) in [6.07, 6.45) is 0. The smallest absolute Gasteiger partial charge is 0.264 e. The Kier molecular flexibility index (Phi) is 6.36. The molecule has 2 N–H and O–H groups in total. The van der Waals surface area contributed by atoms with Gasteiger partial charge in [0, 0.05) is 24.5 Å². The van der Waals surface area contributed by atoms with Gasteiger partial charge in [0.1, 0.15) is 5.75 Å². The van der Waals surface area contributed by atoms with Gasteiger partial charge < -0.3 is 15.4 Å². The summed E-state index contributed by atoms with van der Waals surface area (Å²) in [6, 6.07) is 22.8. The molecule has 0 aromatic heterocycles. The van der Waals surface area contributed by atoms with E-state index >= 15 is 0 Å². The van der Waals surface area contributed by atoms with Gasteiger partial charge in [-0.2, -0.15) is 0 Å². The Bertz CT molecular complexity index is 1100. The van der Waals surface area contributed by atoms with Gasteiger partial charge in [0.2, 0.25) is 0 Å². The summed E-state index contributed by atoms with van der Waals surface area (Å²) in [5.41, 5.74) is 1.91. The number of thiocarbonyl (C=S) groups is 1. The van der Waals surface area contributed by atoms with Crippen LogP contribution in [0.2, 0.25) is 0 Å². The molecular weight excluding hydrogens is 406 g/mol. The van der Waals surface area contributed by atoms with Crippen molar-refractivity contribution in [2.75, 3.05) is 29.1 Å². The number of rotatable bonds is 6. The molecule has 8 heteroatoms. The fraction of sp³-hybridized carbons (Fsp3) is 0.0952. The first-order valence-corrected chi connectivity index (χ1v) is 10.6. The molecule has 29 heavy (non-hydrogen) atoms. The minimum atomic E-state index is -3.71. The van der Waals surface area contributed by atoms with Crippen molar-refractivity contribution in [2.45, 2.75) is 4.90 Å². The molecule has 0 aliphatic carbocycles. The second-order valence-corrected chi connectivity index (χ2v) is 8.52. The molecule has 150 valence electrons. The van der Waals surface area contributed by atoms with E-state index in [2.05, 4.69) is 10.6 Å². The van der Waals surface area contributed by atoms with Crippen LogP contribution in [0.25, 0.3) is 0 Å². The lowest BCUT2D eigenvalue weighted by Crippen LogP contribution is -2.26. The molecule has 3 aromatic rings. The maximum absolute atomic E-state index is 13.0. The molecule has 0 heterocycles. The van der Waals surface area contributed by atoms with Crippen LogP contribution in [-0.4, -0.2) is 27.7 Å². The van der Waals surface area contributed by atoms with Gasteiger partial charge in [-0.3, -0.25) is 4.31 Å². The normalized spacial score (nSPS) is 10.8. The van der Waals surface area contributed by atoms with Crippen molar-refractivity contribution < 1.29 is 13.2 Å². The number of anilines is 3. The lowest BCUT2D eigenvalue weighted by molar-refractivity contribution is 0.415. The molecule has 6 nitrogen and oxygen atoms in total. The fourth-order valence-electron chi connectivity index (χ4n) is 2.66. The summed E-state index contributed by atoms with van der Waals surface area (Å²) >= 11 is 5.34. The molecule has 0 amide bonds. The van der Waals surface area contributed by atoms with E-state index in [1.807, 2.05) is 30.3 Å². The molecule has 0 aliphatic rings. The van der Waals surface area contributed by atoms with Crippen molar-refractivity contribution in [1.82, 2.24) is 0 Å². The molecule has 0 aliphatic heterocycles. The molecule has 0 fully saturated rings. The molecule has 0 bridgehead atoms. The van der Waals surface area contributed by atoms with Crippen LogP contribution in [0.5, 0.6) is 5.75 Å². The fourth-order valence-corrected chi connectivity index (χ4v) is 4.14. The van der Waals surface area contributed by atoms with Gasteiger partial charge in [-0.15, -0.1) is 0 Å². The molecule has 0 spiro atoms. The van der Waals surface area contributed by atoms with Crippen molar-refractivity contribution in [1.29, 1.82) is 0 Å². The number of hydrogen-bond donors (Lipinski definition) is 2. The van der Waals surface area contributed by atoms with Crippen molar-refractivity contribution in [3.8, 4) is 5.75 Å². The van der Waals surface area contributed by atoms with Gasteiger partial charge in [0.05, 0.1) is 17.7 Å². The zero-order valence-corrected chi connectivity index (χ0v) is 17.6. The van der Waals surface area contributed by atoms with Crippen LogP contribution in [0.4, 0.5) is 17.1 Å². The van der Waals surface area contributed by atoms with E-state index in [0.717, 1.165) is 5.69 Å². The topological polar surface area (TPSA) is 70.7 Å². The number of methoxy groups -OCH3 is 1. The van der Waals surface area contributed by atoms with Crippen LogP contribution >= 0.6 is 12.2 Å². The Balaban J connectivity index is 1.76. The average molecular weight is 428 g/mol. The Labute approximate surface area is 176 Å². The van der Waals surface area contributed by atoms with Crippen LogP contribution < -0.4 is 19.7 Å². The number of ether oxygens (including phenoxy) is 1. The SMILES string of the molecule is COc1cccc(NC(=S)Nc2cccc(S(=O)(=O)N(C)c3ccccc3)c2)c1. The summed E-state index contributed by atoms with van der Waals surface area (Å²) in [6.45, 7) is 0. The molecular formula is C21H21N3O3S2. The number of hydrogen-bond acceptors (Lipinski definition) is 4. The van der Waals surface area contributed by atoms with Crippen LogP contribution in [0.3, 0.4) is 0 Å². The Hall–Kier alpha value is -3.10. The second-order valence-electron chi connectivity index (χ2n) is 6.15. The Morgan fingerprint density at radius 2 is 1.52 bits per heavy atom. The highest BCUT2D eigenvalue weighted by Crippen LogP contribution is 2.24. The minimum Gasteiger partial charge on any atom is -0.497 e. The van der Waals surface area contributed by atoms with E-state index in [-0.39, 0.29) is 4.90 Å². The lowest BCUT2D eigenvalue weighted by Gasteiger charge is -2.20. The highest BCUT2D eigenvalue weighted by Gasteiger charge is 2.21. The quantitative estimate of drug-likeness (QED) is 0.571. The molecule has 3 aromatic carbocycles. The molecule has 0 saturated carbocycles. The minimum absolute atomic E-state index is 0.165. The average Bonchev–Trinajstić information content (AvgIpc) is 2.74. The molecule has 3 rings (SSSR count). The Morgan fingerprint density at radius 3 is 2.17 bits per heavy atom. The summed E-state index contributed by atoms with van der Waals surface area (Å²) in [7, 11) is -0.586. The maximum Gasteiger partial charge on any atom is 0.264 e. The van der Waals surface area contributed by atoms with E-state index in [9.17, 15) is 8.42 Å². The van der Waals surface area contributed by atoms with Gasteiger partial charge in [-0.1, -0.05) is 30.3 Å². The molecule has 0 radical (unpaired) electrons. The molecule has 0 saturated heterocycles. The monoisotopic (exact) mass is 427 g/mol. The molecule has 0 unspecified atom stereocenters. The Morgan fingerprint density at radius 1 is 0.897 bits per heavy atom. The largest absolute Gasteiger partial charge is 0.497 e. The number of sulfonamides is 1. The first-order valence-electron chi connectivity index (χ1n) is 8.76. The summed E-state index contributed by atoms with van der Waals surface area (Å²) in [4.78, 5) is 0.165. The molecule has 0 atom stereocenters.